The first-order chi connectivity index (χ1) is 12.0. The van der Waals surface area contributed by atoms with Crippen molar-refractivity contribution in [2.24, 2.45) is 0 Å². The zero-order valence-corrected chi connectivity index (χ0v) is 14.4. The standard InChI is InChI=1S/C18H19ClFN3O2/c19-16-11-13(20)1-6-17(16)21-18(25)12-22-7-9-23(10-8-22)14-2-4-15(24)5-3-14/h1-6,11,24H,7-10,12H2,(H,21,25)/p+1. The fourth-order valence-corrected chi connectivity index (χ4v) is 3.15. The molecule has 5 nitrogen and oxygen atoms in total. The summed E-state index contributed by atoms with van der Waals surface area (Å²) in [4.78, 5) is 15.6. The molecule has 0 spiro atoms. The summed E-state index contributed by atoms with van der Waals surface area (Å²) in [6.45, 7) is 3.70. The van der Waals surface area contributed by atoms with Gasteiger partial charge in [-0.3, -0.25) is 4.79 Å². The summed E-state index contributed by atoms with van der Waals surface area (Å²) >= 11 is 5.93. The number of rotatable bonds is 4. The van der Waals surface area contributed by atoms with E-state index in [1.165, 1.54) is 23.1 Å². The summed E-state index contributed by atoms with van der Waals surface area (Å²) in [5.41, 5.74) is 1.49. The normalized spacial score (nSPS) is 15.2. The Kier molecular flexibility index (Phi) is 5.40. The summed E-state index contributed by atoms with van der Waals surface area (Å²) in [6, 6.07) is 11.1. The zero-order valence-electron chi connectivity index (χ0n) is 13.6. The topological polar surface area (TPSA) is 57.0 Å². The minimum Gasteiger partial charge on any atom is -0.508 e. The molecule has 0 unspecified atom stereocenters. The van der Waals surface area contributed by atoms with Crippen molar-refractivity contribution in [3.05, 3.63) is 53.3 Å². The number of benzene rings is 2. The number of amides is 1. The molecule has 2 aromatic carbocycles. The average molecular weight is 365 g/mol. The summed E-state index contributed by atoms with van der Waals surface area (Å²) in [5, 5.41) is 12.3. The number of nitrogens with one attached hydrogen (secondary N) is 2. The molecule has 1 aliphatic rings. The zero-order chi connectivity index (χ0) is 17.8. The van der Waals surface area contributed by atoms with Crippen LogP contribution in [-0.2, 0) is 4.79 Å². The lowest BCUT2D eigenvalue weighted by atomic mass is 10.2. The van der Waals surface area contributed by atoms with Gasteiger partial charge in [0.2, 0.25) is 0 Å². The number of phenols is 1. The molecule has 0 atom stereocenters. The molecule has 7 heteroatoms. The van der Waals surface area contributed by atoms with E-state index in [-0.39, 0.29) is 16.7 Å². The Labute approximate surface area is 150 Å². The van der Waals surface area contributed by atoms with Crippen LogP contribution >= 0.6 is 11.6 Å². The molecule has 1 heterocycles. The molecule has 0 saturated carbocycles. The summed E-state index contributed by atoms with van der Waals surface area (Å²) in [6.07, 6.45) is 0. The average Bonchev–Trinajstić information content (AvgIpc) is 2.59. The molecular formula is C18H20ClFN3O2+. The maximum atomic E-state index is 13.0. The number of quaternary nitrogens is 1. The maximum Gasteiger partial charge on any atom is 0.279 e. The van der Waals surface area contributed by atoms with Crippen molar-refractivity contribution in [1.29, 1.82) is 0 Å². The third kappa shape index (κ3) is 4.61. The maximum absolute atomic E-state index is 13.0. The van der Waals surface area contributed by atoms with Crippen LogP contribution in [0.15, 0.2) is 42.5 Å². The van der Waals surface area contributed by atoms with Crippen LogP contribution in [0, 0.1) is 5.82 Å². The fraction of sp³-hybridized carbons (Fsp3) is 0.278. The van der Waals surface area contributed by atoms with Crippen LogP contribution in [0.1, 0.15) is 0 Å². The van der Waals surface area contributed by atoms with E-state index in [1.807, 2.05) is 12.1 Å². The summed E-state index contributed by atoms with van der Waals surface area (Å²) < 4.78 is 13.0. The van der Waals surface area contributed by atoms with Crippen LogP contribution in [0.2, 0.25) is 5.02 Å². The Bertz CT molecular complexity index is 746. The second-order valence-electron chi connectivity index (χ2n) is 6.10. The number of halogens is 2. The van der Waals surface area contributed by atoms with E-state index in [0.29, 0.717) is 12.2 Å². The SMILES string of the molecule is O=C(C[NH+]1CCN(c2ccc(O)cc2)CC1)Nc1ccc(F)cc1Cl. The van der Waals surface area contributed by atoms with Gasteiger partial charge in [-0.25, -0.2) is 4.39 Å². The molecule has 1 aliphatic heterocycles. The highest BCUT2D eigenvalue weighted by atomic mass is 35.5. The first kappa shape index (κ1) is 17.5. The van der Waals surface area contributed by atoms with E-state index in [0.717, 1.165) is 31.9 Å². The number of hydrogen-bond acceptors (Lipinski definition) is 3. The molecule has 0 bridgehead atoms. The Morgan fingerprint density at radius 3 is 2.52 bits per heavy atom. The molecular weight excluding hydrogens is 345 g/mol. The lowest BCUT2D eigenvalue weighted by Crippen LogP contribution is -3.15. The summed E-state index contributed by atoms with van der Waals surface area (Å²) in [5.74, 6) is -0.315. The van der Waals surface area contributed by atoms with Gasteiger partial charge < -0.3 is 20.2 Å². The molecule has 3 rings (SSSR count). The molecule has 1 amide bonds. The van der Waals surface area contributed by atoms with E-state index >= 15 is 0 Å². The summed E-state index contributed by atoms with van der Waals surface area (Å²) in [7, 11) is 0. The first-order valence-corrected chi connectivity index (χ1v) is 8.51. The van der Waals surface area contributed by atoms with Crippen molar-refractivity contribution >= 4 is 28.9 Å². The number of piperazine rings is 1. The van der Waals surface area contributed by atoms with Gasteiger partial charge in [-0.05, 0) is 42.5 Å². The molecule has 3 N–H and O–H groups in total. The second-order valence-corrected chi connectivity index (χ2v) is 6.51. The van der Waals surface area contributed by atoms with Gasteiger partial charge in [-0.2, -0.15) is 0 Å². The quantitative estimate of drug-likeness (QED) is 0.771. The number of anilines is 2. The fourth-order valence-electron chi connectivity index (χ4n) is 2.93. The molecule has 25 heavy (non-hydrogen) atoms. The van der Waals surface area contributed by atoms with Gasteiger partial charge in [0.1, 0.15) is 11.6 Å². The number of aromatic hydroxyl groups is 1. The van der Waals surface area contributed by atoms with Crippen molar-refractivity contribution in [3.8, 4) is 5.75 Å². The Balaban J connectivity index is 1.50. The van der Waals surface area contributed by atoms with E-state index in [2.05, 4.69) is 10.2 Å². The highest BCUT2D eigenvalue weighted by Gasteiger charge is 2.22. The van der Waals surface area contributed by atoms with Gasteiger partial charge >= 0.3 is 0 Å². The largest absolute Gasteiger partial charge is 0.508 e. The predicted molar refractivity (Wildman–Crippen MR) is 95.9 cm³/mol. The van der Waals surface area contributed by atoms with Crippen molar-refractivity contribution in [2.45, 2.75) is 0 Å². The van der Waals surface area contributed by atoms with Crippen LogP contribution < -0.4 is 15.1 Å². The minimum absolute atomic E-state index is 0.137. The Hall–Kier alpha value is -2.31. The van der Waals surface area contributed by atoms with Crippen LogP contribution in [-0.4, -0.2) is 43.7 Å². The number of carbonyl (C=O) groups is 1. The van der Waals surface area contributed by atoms with Crippen molar-refractivity contribution in [1.82, 2.24) is 0 Å². The number of carbonyl (C=O) groups excluding carboxylic acids is 1. The molecule has 0 aliphatic carbocycles. The van der Waals surface area contributed by atoms with Gasteiger partial charge in [0.05, 0.1) is 36.9 Å². The Morgan fingerprint density at radius 1 is 1.20 bits per heavy atom. The lowest BCUT2D eigenvalue weighted by Gasteiger charge is -2.33. The molecule has 2 aromatic rings. The molecule has 132 valence electrons. The van der Waals surface area contributed by atoms with Crippen LogP contribution in [0.5, 0.6) is 5.75 Å². The van der Waals surface area contributed by atoms with E-state index in [1.54, 1.807) is 12.1 Å². The van der Waals surface area contributed by atoms with Crippen LogP contribution in [0.4, 0.5) is 15.8 Å². The number of nitrogens with zero attached hydrogens (tertiary/aromatic N) is 1. The molecule has 1 fully saturated rings. The highest BCUT2D eigenvalue weighted by Crippen LogP contribution is 2.22. The van der Waals surface area contributed by atoms with Gasteiger partial charge in [0.15, 0.2) is 6.54 Å². The second kappa shape index (κ2) is 7.72. The third-order valence-corrected chi connectivity index (χ3v) is 4.61. The van der Waals surface area contributed by atoms with Gasteiger partial charge in [0.25, 0.3) is 5.91 Å². The van der Waals surface area contributed by atoms with Gasteiger partial charge in [0, 0.05) is 5.69 Å². The number of hydrogen-bond donors (Lipinski definition) is 3. The predicted octanol–water partition coefficient (Wildman–Crippen LogP) is 1.53. The number of phenolic OH excluding ortho intramolecular Hbond substituents is 1. The molecule has 0 aromatic heterocycles. The van der Waals surface area contributed by atoms with Crippen molar-refractivity contribution < 1.29 is 19.2 Å². The van der Waals surface area contributed by atoms with Crippen molar-refractivity contribution in [2.75, 3.05) is 42.9 Å². The van der Waals surface area contributed by atoms with E-state index in [4.69, 9.17) is 11.6 Å². The van der Waals surface area contributed by atoms with Gasteiger partial charge in [-0.15, -0.1) is 0 Å². The first-order valence-electron chi connectivity index (χ1n) is 8.14. The van der Waals surface area contributed by atoms with Gasteiger partial charge in [-0.1, -0.05) is 11.6 Å². The lowest BCUT2D eigenvalue weighted by molar-refractivity contribution is -0.892. The minimum atomic E-state index is -0.432. The van der Waals surface area contributed by atoms with Crippen LogP contribution in [0.25, 0.3) is 0 Å². The smallest absolute Gasteiger partial charge is 0.279 e. The highest BCUT2D eigenvalue weighted by molar-refractivity contribution is 6.33. The Morgan fingerprint density at radius 2 is 1.88 bits per heavy atom. The third-order valence-electron chi connectivity index (χ3n) is 4.30. The monoisotopic (exact) mass is 364 g/mol. The molecule has 0 radical (unpaired) electrons. The van der Waals surface area contributed by atoms with Crippen molar-refractivity contribution in [3.63, 3.8) is 0 Å². The van der Waals surface area contributed by atoms with E-state index in [9.17, 15) is 14.3 Å². The van der Waals surface area contributed by atoms with Crippen LogP contribution in [0.3, 0.4) is 0 Å². The van der Waals surface area contributed by atoms with E-state index < -0.39 is 5.82 Å². The molecule has 1 saturated heterocycles.